The van der Waals surface area contributed by atoms with Crippen LogP contribution in [-0.2, 0) is 6.61 Å². The zero-order chi connectivity index (χ0) is 14.1. The average Bonchev–Trinajstić information content (AvgIpc) is 2.87. The van der Waals surface area contributed by atoms with E-state index >= 15 is 0 Å². The molecule has 1 heterocycles. The first-order chi connectivity index (χ1) is 9.74. The van der Waals surface area contributed by atoms with Gasteiger partial charge in [0, 0.05) is 5.39 Å². The smallest absolute Gasteiger partial charge is 0.171 e. The van der Waals surface area contributed by atoms with E-state index in [1.165, 1.54) is 5.56 Å². The summed E-state index contributed by atoms with van der Waals surface area (Å²) >= 11 is 0. The Hall–Kier alpha value is -2.64. The van der Waals surface area contributed by atoms with Crippen LogP contribution >= 0.6 is 0 Å². The number of rotatable bonds is 2. The third-order valence-electron chi connectivity index (χ3n) is 3.35. The van der Waals surface area contributed by atoms with Crippen molar-refractivity contribution in [3.05, 3.63) is 59.3 Å². The first-order valence-electron chi connectivity index (χ1n) is 6.33. The molecule has 0 aliphatic heterocycles. The molecule has 98 valence electrons. The van der Waals surface area contributed by atoms with E-state index in [-0.39, 0.29) is 6.61 Å². The van der Waals surface area contributed by atoms with E-state index in [1.54, 1.807) is 4.68 Å². The third-order valence-corrected chi connectivity index (χ3v) is 3.35. The van der Waals surface area contributed by atoms with Gasteiger partial charge >= 0.3 is 0 Å². The van der Waals surface area contributed by atoms with Crippen LogP contribution in [0.2, 0.25) is 0 Å². The quantitative estimate of drug-likeness (QED) is 0.773. The van der Waals surface area contributed by atoms with E-state index < -0.39 is 0 Å². The van der Waals surface area contributed by atoms with Gasteiger partial charge in [-0.05, 0) is 30.7 Å². The number of aromatic nitrogens is 2. The van der Waals surface area contributed by atoms with Crippen LogP contribution in [0, 0.1) is 18.3 Å². The van der Waals surface area contributed by atoms with E-state index in [0.717, 1.165) is 22.2 Å². The lowest BCUT2D eigenvalue weighted by Crippen LogP contribution is -1.96. The molecule has 0 bridgehead atoms. The van der Waals surface area contributed by atoms with Crippen molar-refractivity contribution < 1.29 is 5.11 Å². The van der Waals surface area contributed by atoms with E-state index in [9.17, 15) is 10.4 Å². The van der Waals surface area contributed by atoms with Crippen molar-refractivity contribution in [3.8, 4) is 11.8 Å². The summed E-state index contributed by atoms with van der Waals surface area (Å²) < 4.78 is 1.74. The van der Waals surface area contributed by atoms with Crippen molar-refractivity contribution in [3.63, 3.8) is 0 Å². The zero-order valence-corrected chi connectivity index (χ0v) is 11.0. The van der Waals surface area contributed by atoms with Crippen molar-refractivity contribution in [2.24, 2.45) is 0 Å². The fraction of sp³-hybridized carbons (Fsp3) is 0.125. The number of aliphatic hydroxyl groups is 1. The number of hydrogen-bond donors (Lipinski definition) is 1. The molecule has 2 aromatic carbocycles. The number of hydrogen-bond acceptors (Lipinski definition) is 3. The predicted molar refractivity (Wildman–Crippen MR) is 76.4 cm³/mol. The number of aryl methyl sites for hydroxylation is 1. The minimum Gasteiger partial charge on any atom is -0.392 e. The number of fused-ring (bicyclic) bond motifs is 1. The number of aliphatic hydroxyl groups excluding tert-OH is 1. The summed E-state index contributed by atoms with van der Waals surface area (Å²) in [6.07, 6.45) is 0. The molecule has 0 saturated carbocycles. The van der Waals surface area contributed by atoms with Gasteiger partial charge in [0.2, 0.25) is 0 Å². The molecule has 0 atom stereocenters. The summed E-state index contributed by atoms with van der Waals surface area (Å²) in [6.45, 7) is 1.92. The van der Waals surface area contributed by atoms with Crippen LogP contribution in [-0.4, -0.2) is 14.9 Å². The predicted octanol–water partition coefficient (Wildman–Crippen LogP) is 2.70. The fourth-order valence-electron chi connectivity index (χ4n) is 2.33. The maximum Gasteiger partial charge on any atom is 0.171 e. The number of nitriles is 1. The monoisotopic (exact) mass is 263 g/mol. The van der Waals surface area contributed by atoms with Crippen molar-refractivity contribution in [2.75, 3.05) is 0 Å². The van der Waals surface area contributed by atoms with Gasteiger partial charge in [0.1, 0.15) is 6.07 Å². The Balaban J connectivity index is 2.33. The largest absolute Gasteiger partial charge is 0.392 e. The fourth-order valence-corrected chi connectivity index (χ4v) is 2.33. The highest BCUT2D eigenvalue weighted by Gasteiger charge is 2.14. The molecule has 0 spiro atoms. The van der Waals surface area contributed by atoms with E-state index in [4.69, 9.17) is 0 Å². The molecular formula is C16H13N3O. The standard InChI is InChI=1S/C16H13N3O/c1-11-5-7-13(8-6-11)19-15-4-2-3-12(10-20)16(15)14(9-17)18-19/h2-8,20H,10H2,1H3. The Morgan fingerprint density at radius 1 is 1.20 bits per heavy atom. The van der Waals surface area contributed by atoms with Gasteiger partial charge in [0.25, 0.3) is 0 Å². The molecule has 0 fully saturated rings. The highest BCUT2D eigenvalue weighted by Crippen LogP contribution is 2.25. The maximum absolute atomic E-state index is 9.43. The van der Waals surface area contributed by atoms with Gasteiger partial charge in [-0.1, -0.05) is 29.8 Å². The van der Waals surface area contributed by atoms with Crippen molar-refractivity contribution >= 4 is 10.9 Å². The molecule has 20 heavy (non-hydrogen) atoms. The second-order valence-electron chi connectivity index (χ2n) is 4.68. The summed E-state index contributed by atoms with van der Waals surface area (Å²) in [5, 5.41) is 23.8. The number of benzene rings is 2. The molecular weight excluding hydrogens is 250 g/mol. The van der Waals surface area contributed by atoms with Gasteiger partial charge in [-0.2, -0.15) is 10.4 Å². The van der Waals surface area contributed by atoms with E-state index in [2.05, 4.69) is 11.2 Å². The Morgan fingerprint density at radius 2 is 1.95 bits per heavy atom. The lowest BCUT2D eigenvalue weighted by atomic mass is 10.1. The van der Waals surface area contributed by atoms with Gasteiger partial charge < -0.3 is 5.11 Å². The van der Waals surface area contributed by atoms with Crippen LogP contribution in [0.4, 0.5) is 0 Å². The van der Waals surface area contributed by atoms with Crippen molar-refractivity contribution in [1.29, 1.82) is 5.26 Å². The molecule has 3 aromatic rings. The molecule has 1 N–H and O–H groups in total. The molecule has 0 aliphatic carbocycles. The summed E-state index contributed by atoms with van der Waals surface area (Å²) in [7, 11) is 0. The van der Waals surface area contributed by atoms with Gasteiger partial charge in [-0.3, -0.25) is 0 Å². The minimum atomic E-state index is -0.106. The topological polar surface area (TPSA) is 61.8 Å². The van der Waals surface area contributed by atoms with Gasteiger partial charge in [0.15, 0.2) is 5.69 Å². The van der Waals surface area contributed by atoms with Crippen molar-refractivity contribution in [1.82, 2.24) is 9.78 Å². The Bertz CT molecular complexity index is 810. The molecule has 0 saturated heterocycles. The summed E-state index contributed by atoms with van der Waals surface area (Å²) in [6, 6.07) is 15.6. The normalized spacial score (nSPS) is 10.7. The molecule has 3 rings (SSSR count). The third kappa shape index (κ3) is 1.85. The second kappa shape index (κ2) is 4.80. The molecule has 0 radical (unpaired) electrons. The van der Waals surface area contributed by atoms with Crippen LogP contribution < -0.4 is 0 Å². The molecule has 4 heteroatoms. The zero-order valence-electron chi connectivity index (χ0n) is 11.0. The van der Waals surface area contributed by atoms with Crippen LogP contribution in [0.1, 0.15) is 16.8 Å². The molecule has 4 nitrogen and oxygen atoms in total. The van der Waals surface area contributed by atoms with Crippen LogP contribution in [0.25, 0.3) is 16.6 Å². The molecule has 0 unspecified atom stereocenters. The van der Waals surface area contributed by atoms with Gasteiger partial charge in [-0.15, -0.1) is 0 Å². The molecule has 0 amide bonds. The molecule has 1 aromatic heterocycles. The maximum atomic E-state index is 9.43. The highest BCUT2D eigenvalue weighted by molar-refractivity contribution is 5.88. The van der Waals surface area contributed by atoms with Gasteiger partial charge in [0.05, 0.1) is 17.8 Å². The second-order valence-corrected chi connectivity index (χ2v) is 4.68. The van der Waals surface area contributed by atoms with Crippen LogP contribution in [0.15, 0.2) is 42.5 Å². The first-order valence-corrected chi connectivity index (χ1v) is 6.33. The van der Waals surface area contributed by atoms with E-state index in [1.807, 2.05) is 49.4 Å². The Labute approximate surface area is 116 Å². The summed E-state index contributed by atoms with van der Waals surface area (Å²) in [4.78, 5) is 0. The SMILES string of the molecule is Cc1ccc(-n2nc(C#N)c3c(CO)cccc32)cc1. The Kier molecular flexibility index (Phi) is 2.97. The summed E-state index contributed by atoms with van der Waals surface area (Å²) in [5.74, 6) is 0. The lowest BCUT2D eigenvalue weighted by molar-refractivity contribution is 0.283. The number of nitrogens with zero attached hydrogens (tertiary/aromatic N) is 3. The lowest BCUT2D eigenvalue weighted by Gasteiger charge is -2.04. The first kappa shape index (κ1) is 12.4. The highest BCUT2D eigenvalue weighted by atomic mass is 16.3. The summed E-state index contributed by atoms with van der Waals surface area (Å²) in [5.41, 5.74) is 3.96. The van der Waals surface area contributed by atoms with Crippen LogP contribution in [0.3, 0.4) is 0 Å². The Morgan fingerprint density at radius 3 is 2.60 bits per heavy atom. The van der Waals surface area contributed by atoms with Crippen LogP contribution in [0.5, 0.6) is 0 Å². The van der Waals surface area contributed by atoms with Gasteiger partial charge in [-0.25, -0.2) is 4.68 Å². The average molecular weight is 263 g/mol. The van der Waals surface area contributed by atoms with Crippen molar-refractivity contribution in [2.45, 2.75) is 13.5 Å². The van der Waals surface area contributed by atoms with E-state index in [0.29, 0.717) is 5.69 Å². The molecule has 0 aliphatic rings. The minimum absolute atomic E-state index is 0.106.